The molecule has 0 bridgehead atoms. The van der Waals surface area contributed by atoms with Crippen LogP contribution < -0.4 is 0 Å². The molecule has 16 heteroatoms. The number of thiocarbonyl (C=S) groups is 1. The van der Waals surface area contributed by atoms with Crippen LogP contribution in [0.25, 0.3) is 0 Å². The minimum atomic E-state index is -5.07. The third-order valence-corrected chi connectivity index (χ3v) is 9.28. The Bertz CT molecular complexity index is 662. The zero-order chi connectivity index (χ0) is 20.9. The number of ether oxygens (including phenoxy) is 3. The molecule has 158 valence electrons. The van der Waals surface area contributed by atoms with E-state index < -0.39 is 41.2 Å². The Labute approximate surface area is 164 Å². The summed E-state index contributed by atoms with van der Waals surface area (Å²) < 4.78 is 54.1. The Balaban J connectivity index is 2.84. The van der Waals surface area contributed by atoms with Crippen LogP contribution >= 0.6 is 35.2 Å². The molecule has 11 nitrogen and oxygen atoms in total. The summed E-state index contributed by atoms with van der Waals surface area (Å²) in [6.07, 6.45) is -0.668. The van der Waals surface area contributed by atoms with E-state index in [0.29, 0.717) is 12.8 Å². The summed E-state index contributed by atoms with van der Waals surface area (Å²) in [4.78, 5) is 28.3. The molecule has 3 N–H and O–H groups in total. The lowest BCUT2D eigenvalue weighted by atomic mass is 9.91. The Morgan fingerprint density at radius 3 is 2.19 bits per heavy atom. The lowest BCUT2D eigenvalue weighted by Gasteiger charge is -2.30. The molecule has 1 fully saturated rings. The fourth-order valence-electron chi connectivity index (χ4n) is 2.15. The van der Waals surface area contributed by atoms with Gasteiger partial charge in [0.2, 0.25) is 0 Å². The summed E-state index contributed by atoms with van der Waals surface area (Å²) in [5.74, 6) is 0. The molecule has 27 heavy (non-hydrogen) atoms. The first-order valence-corrected chi connectivity index (χ1v) is 13.3. The predicted octanol–water partition coefficient (Wildman–Crippen LogP) is 0.636. The van der Waals surface area contributed by atoms with Crippen LogP contribution in [0.4, 0.5) is 0 Å². The molecule has 0 aromatic heterocycles. The maximum absolute atomic E-state index is 12.6. The topological polar surface area (TPSA) is 150 Å². The van der Waals surface area contributed by atoms with Crippen molar-refractivity contribution in [2.24, 2.45) is 0 Å². The molecule has 0 saturated heterocycles. The molecule has 5 atom stereocenters. The van der Waals surface area contributed by atoms with Crippen molar-refractivity contribution in [1.82, 2.24) is 0 Å². The minimum Gasteiger partial charge on any atom is -0.493 e. The van der Waals surface area contributed by atoms with Crippen molar-refractivity contribution >= 4 is 53.9 Å². The molecule has 1 aliphatic rings. The highest BCUT2D eigenvalue weighted by atomic mass is 32.1. The number of hydrogen-bond acceptors (Lipinski definition) is 10. The lowest BCUT2D eigenvalue weighted by Crippen LogP contribution is -2.44. The molecular weight excluding hydrogens is 444 g/mol. The molecule has 0 amide bonds. The number of hydrogen-bond donors (Lipinski definition) is 3. The summed E-state index contributed by atoms with van der Waals surface area (Å²) in [5, 5.41) is 0.248. The van der Waals surface area contributed by atoms with Gasteiger partial charge in [0.05, 0.1) is 12.6 Å². The quantitative estimate of drug-likeness (QED) is 0.198. The molecule has 5 unspecified atom stereocenters. The van der Waals surface area contributed by atoms with Gasteiger partial charge in [0.25, 0.3) is 7.57 Å². The molecule has 1 rings (SSSR count). The summed E-state index contributed by atoms with van der Waals surface area (Å²) in [6.45, 7) is 0.772. The molecule has 0 spiro atoms. The van der Waals surface area contributed by atoms with Gasteiger partial charge >= 0.3 is 15.4 Å². The number of phosphoric acid groups is 1. The fraction of sp³-hybridized carbons (Fsp3) is 0.818. The van der Waals surface area contributed by atoms with Crippen molar-refractivity contribution < 1.29 is 51.2 Å². The summed E-state index contributed by atoms with van der Waals surface area (Å²) >= 11 is 4.63. The number of rotatable bonds is 13. The van der Waals surface area contributed by atoms with Crippen molar-refractivity contribution in [3.8, 4) is 0 Å². The summed E-state index contributed by atoms with van der Waals surface area (Å²) in [5.41, 5.74) is 1.08. The largest absolute Gasteiger partial charge is 0.493 e. The minimum absolute atomic E-state index is 0.248. The first-order chi connectivity index (χ1) is 12.4. The molecule has 0 aliphatic heterocycles. The van der Waals surface area contributed by atoms with E-state index in [1.807, 2.05) is 0 Å². The third kappa shape index (κ3) is 8.74. The van der Waals surface area contributed by atoms with E-state index in [1.165, 1.54) is 14.2 Å². The predicted molar refractivity (Wildman–Crippen MR) is 106 cm³/mol. The molecular formula is C11H24BO11P3S. The SMILES string of the molecule is BC(OC=S)C(OC)C(COP(C)(=O)OP(O)(OP(=O)(O)O)=C1CC1)OC. The van der Waals surface area contributed by atoms with E-state index in [-0.39, 0.29) is 11.9 Å². The Morgan fingerprint density at radius 1 is 1.19 bits per heavy atom. The number of methoxy groups -OCH3 is 2. The van der Waals surface area contributed by atoms with Crippen LogP contribution in [0.3, 0.4) is 0 Å². The lowest BCUT2D eigenvalue weighted by molar-refractivity contribution is -0.0824. The Hall–Kier alpha value is 0.395. The standard InChI is InChI=1S/C11H24BO11P3S/c1-18-9(10(19-2)11(12)20-7-27)6-21-24(3,13)22-25(14,8-4-5-8)23-26(15,16)17/h7,9-11,14H,4-6,12H2,1-3H3,(H2,15,16,17). The van der Waals surface area contributed by atoms with Gasteiger partial charge in [-0.25, -0.2) is 13.2 Å². The van der Waals surface area contributed by atoms with Gasteiger partial charge in [0, 0.05) is 26.2 Å². The van der Waals surface area contributed by atoms with Gasteiger partial charge in [-0.2, -0.15) is 0 Å². The molecule has 0 radical (unpaired) electrons. The van der Waals surface area contributed by atoms with Crippen molar-refractivity contribution in [3.05, 3.63) is 0 Å². The van der Waals surface area contributed by atoms with Gasteiger partial charge in [-0.3, -0.25) is 4.57 Å². The highest BCUT2D eigenvalue weighted by molar-refractivity contribution is 7.78. The van der Waals surface area contributed by atoms with E-state index in [2.05, 4.69) is 16.5 Å². The smallest absolute Gasteiger partial charge is 0.476 e. The first-order valence-electron chi connectivity index (χ1n) is 7.69. The second-order valence-corrected chi connectivity index (χ2v) is 11.7. The van der Waals surface area contributed by atoms with Crippen LogP contribution in [0.15, 0.2) is 0 Å². The molecule has 0 aromatic rings. The second kappa shape index (κ2) is 10.4. The highest BCUT2D eigenvalue weighted by Gasteiger charge is 2.41. The third-order valence-electron chi connectivity index (χ3n) is 3.50. The summed E-state index contributed by atoms with van der Waals surface area (Å²) in [7, 11) is -8.70. The highest BCUT2D eigenvalue weighted by Crippen LogP contribution is 2.70. The zero-order valence-corrected chi connectivity index (χ0v) is 18.8. The van der Waals surface area contributed by atoms with Crippen LogP contribution in [0, 0.1) is 0 Å². The Morgan fingerprint density at radius 2 is 1.78 bits per heavy atom. The molecule has 0 aromatic carbocycles. The average Bonchev–Trinajstić information content (AvgIpc) is 3.34. The second-order valence-electron chi connectivity index (χ2n) is 5.72. The van der Waals surface area contributed by atoms with Gasteiger partial charge in [0.15, 0.2) is 7.85 Å². The van der Waals surface area contributed by atoms with Crippen LogP contribution in [0.1, 0.15) is 12.8 Å². The van der Waals surface area contributed by atoms with Crippen molar-refractivity contribution in [2.45, 2.75) is 31.1 Å². The Kier molecular flexibility index (Phi) is 9.83. The van der Waals surface area contributed by atoms with Gasteiger partial charge in [-0.15, -0.1) is 0 Å². The van der Waals surface area contributed by atoms with Gasteiger partial charge < -0.3 is 33.4 Å². The van der Waals surface area contributed by atoms with E-state index >= 15 is 0 Å². The molecule has 1 aliphatic carbocycles. The molecule has 0 heterocycles. The van der Waals surface area contributed by atoms with Gasteiger partial charge in [-0.05, 0) is 25.1 Å². The first kappa shape index (κ1) is 25.4. The van der Waals surface area contributed by atoms with Gasteiger partial charge in [0.1, 0.15) is 17.8 Å². The van der Waals surface area contributed by atoms with E-state index in [4.69, 9.17) is 32.8 Å². The van der Waals surface area contributed by atoms with E-state index in [0.717, 1.165) is 12.2 Å². The van der Waals surface area contributed by atoms with Crippen LogP contribution in [-0.2, 0) is 36.5 Å². The normalized spacial score (nSPS) is 22.2. The monoisotopic (exact) mass is 468 g/mol. The van der Waals surface area contributed by atoms with Crippen LogP contribution in [0.5, 0.6) is 0 Å². The van der Waals surface area contributed by atoms with Crippen LogP contribution in [-0.4, -0.2) is 79.1 Å². The maximum Gasteiger partial charge on any atom is 0.476 e. The average molecular weight is 468 g/mol. The van der Waals surface area contributed by atoms with Crippen LogP contribution in [0.2, 0.25) is 0 Å². The van der Waals surface area contributed by atoms with Crippen molar-refractivity contribution in [3.63, 3.8) is 0 Å². The fourth-order valence-corrected chi connectivity index (χ4v) is 7.69. The summed E-state index contributed by atoms with van der Waals surface area (Å²) in [6, 6.07) is -0.498. The van der Waals surface area contributed by atoms with Crippen molar-refractivity contribution in [2.75, 3.05) is 27.5 Å². The maximum atomic E-state index is 12.6. The van der Waals surface area contributed by atoms with E-state index in [9.17, 15) is 14.0 Å². The zero-order valence-electron chi connectivity index (χ0n) is 15.3. The molecule has 1 saturated carbocycles. The van der Waals surface area contributed by atoms with Crippen molar-refractivity contribution in [1.29, 1.82) is 0 Å². The van der Waals surface area contributed by atoms with E-state index in [1.54, 1.807) is 7.85 Å². The van der Waals surface area contributed by atoms with Gasteiger partial charge in [-0.1, -0.05) is 0 Å².